The standard InChI is InChI=1S/C25H18F3N3O6S.Na.H/c26-25(27,28)15-5-2-7-17(13-15)30-24(34)29-16-6-1-4-14(12-16)23(33)31-19-10-11-21(38(35,36)37)18-8-3-9-20(32)22(18)19;;/h1-13,32H,(H,31,33)(H2,29,30,34)(H,35,36,37);;. The van der Waals surface area contributed by atoms with Crippen LogP contribution in [0.15, 0.2) is 83.8 Å². The molecule has 3 amide bonds. The number of amides is 3. The van der Waals surface area contributed by atoms with Gasteiger partial charge in [0.2, 0.25) is 0 Å². The average molecular weight is 569 g/mol. The van der Waals surface area contributed by atoms with Crippen LogP contribution in [-0.4, -0.2) is 59.6 Å². The van der Waals surface area contributed by atoms with E-state index in [0.29, 0.717) is 0 Å². The van der Waals surface area contributed by atoms with Crippen LogP contribution in [0.5, 0.6) is 5.75 Å². The first-order valence-electron chi connectivity index (χ1n) is 10.7. The van der Waals surface area contributed by atoms with E-state index < -0.39 is 38.7 Å². The average Bonchev–Trinajstić information content (AvgIpc) is 2.83. The number of benzene rings is 4. The zero-order valence-corrected chi connectivity index (χ0v) is 19.9. The molecule has 0 aliphatic carbocycles. The van der Waals surface area contributed by atoms with Crippen molar-refractivity contribution in [2.45, 2.75) is 11.1 Å². The number of aromatic hydroxyl groups is 1. The Morgan fingerprint density at radius 3 is 2.05 bits per heavy atom. The molecule has 0 aliphatic rings. The summed E-state index contributed by atoms with van der Waals surface area (Å²) in [4.78, 5) is 24.8. The van der Waals surface area contributed by atoms with Gasteiger partial charge in [0.15, 0.2) is 0 Å². The predicted molar refractivity (Wildman–Crippen MR) is 141 cm³/mol. The number of anilines is 3. The van der Waals surface area contributed by atoms with Gasteiger partial charge >= 0.3 is 41.8 Å². The molecular formula is C25H19F3N3NaO6S. The Morgan fingerprint density at radius 1 is 0.795 bits per heavy atom. The van der Waals surface area contributed by atoms with Gasteiger partial charge in [0.25, 0.3) is 16.0 Å². The third-order valence-electron chi connectivity index (χ3n) is 5.34. The molecule has 0 aliphatic heterocycles. The van der Waals surface area contributed by atoms with Crippen LogP contribution in [-0.2, 0) is 16.3 Å². The molecule has 0 unspecified atom stereocenters. The van der Waals surface area contributed by atoms with Gasteiger partial charge in [-0.25, -0.2) is 4.79 Å². The van der Waals surface area contributed by atoms with E-state index in [0.717, 1.165) is 24.3 Å². The van der Waals surface area contributed by atoms with Gasteiger partial charge in [0.05, 0.1) is 11.3 Å². The van der Waals surface area contributed by atoms with E-state index in [9.17, 15) is 40.8 Å². The maximum absolute atomic E-state index is 12.9. The summed E-state index contributed by atoms with van der Waals surface area (Å²) in [7, 11) is -4.62. The van der Waals surface area contributed by atoms with E-state index >= 15 is 0 Å². The third kappa shape index (κ3) is 7.07. The van der Waals surface area contributed by atoms with E-state index in [1.54, 1.807) is 0 Å². The van der Waals surface area contributed by atoms with Crippen molar-refractivity contribution in [3.05, 3.63) is 90.0 Å². The van der Waals surface area contributed by atoms with Gasteiger partial charge in [-0.3, -0.25) is 9.35 Å². The van der Waals surface area contributed by atoms with Crippen LogP contribution in [0.2, 0.25) is 0 Å². The number of phenols is 1. The van der Waals surface area contributed by atoms with Crippen molar-refractivity contribution in [3.63, 3.8) is 0 Å². The molecule has 9 nitrogen and oxygen atoms in total. The minimum atomic E-state index is -4.62. The fourth-order valence-corrected chi connectivity index (χ4v) is 4.38. The normalized spacial score (nSPS) is 11.4. The summed E-state index contributed by atoms with van der Waals surface area (Å²) in [5.41, 5.74) is -0.764. The first-order chi connectivity index (χ1) is 17.8. The van der Waals surface area contributed by atoms with Crippen LogP contribution >= 0.6 is 0 Å². The molecule has 0 fully saturated rings. The zero-order valence-electron chi connectivity index (χ0n) is 19.1. The molecule has 0 radical (unpaired) electrons. The van der Waals surface area contributed by atoms with Crippen LogP contribution in [0.1, 0.15) is 15.9 Å². The number of alkyl halides is 3. The molecule has 14 heteroatoms. The van der Waals surface area contributed by atoms with E-state index in [2.05, 4.69) is 16.0 Å². The fourth-order valence-electron chi connectivity index (χ4n) is 3.69. The van der Waals surface area contributed by atoms with Gasteiger partial charge in [-0.05, 0) is 54.6 Å². The number of rotatable bonds is 5. The van der Waals surface area contributed by atoms with E-state index in [1.165, 1.54) is 54.6 Å². The van der Waals surface area contributed by atoms with Crippen LogP contribution in [0.4, 0.5) is 35.0 Å². The van der Waals surface area contributed by atoms with Crippen molar-refractivity contribution < 1.29 is 40.8 Å². The summed E-state index contributed by atoms with van der Waals surface area (Å²) < 4.78 is 71.6. The summed E-state index contributed by atoms with van der Waals surface area (Å²) in [6.45, 7) is 0. The van der Waals surface area contributed by atoms with E-state index in [-0.39, 0.29) is 68.7 Å². The van der Waals surface area contributed by atoms with Gasteiger partial charge in [0.1, 0.15) is 10.6 Å². The Balaban J connectivity index is 0.00000420. The Kier molecular flexibility index (Phi) is 8.93. The number of urea groups is 1. The Hall–Kier alpha value is -3.62. The van der Waals surface area contributed by atoms with Crippen molar-refractivity contribution >= 4 is 79.4 Å². The second kappa shape index (κ2) is 11.6. The summed E-state index contributed by atoms with van der Waals surface area (Å²) in [5.74, 6) is -1.03. The summed E-state index contributed by atoms with van der Waals surface area (Å²) >= 11 is 0. The van der Waals surface area contributed by atoms with Gasteiger partial charge in [-0.2, -0.15) is 21.6 Å². The number of hydrogen-bond acceptors (Lipinski definition) is 5. The Bertz CT molecular complexity index is 1680. The first-order valence-corrected chi connectivity index (χ1v) is 12.2. The van der Waals surface area contributed by atoms with Crippen LogP contribution in [0.25, 0.3) is 10.8 Å². The van der Waals surface area contributed by atoms with Gasteiger partial charge < -0.3 is 21.1 Å². The number of phenolic OH excluding ortho intramolecular Hbond substituents is 1. The number of halogens is 3. The number of nitrogens with one attached hydrogen (secondary N) is 3. The quantitative estimate of drug-likeness (QED) is 0.168. The van der Waals surface area contributed by atoms with Crippen molar-refractivity contribution in [3.8, 4) is 5.75 Å². The molecule has 0 heterocycles. The zero-order chi connectivity index (χ0) is 27.7. The molecule has 4 aromatic carbocycles. The monoisotopic (exact) mass is 569 g/mol. The third-order valence-corrected chi connectivity index (χ3v) is 6.25. The molecule has 5 N–H and O–H groups in total. The van der Waals surface area contributed by atoms with Crippen molar-refractivity contribution in [2.24, 2.45) is 0 Å². The summed E-state index contributed by atoms with van der Waals surface area (Å²) in [6, 6.07) is 15.1. The fraction of sp³-hybridized carbons (Fsp3) is 0.0400. The Labute approximate surface area is 242 Å². The molecule has 198 valence electrons. The maximum atomic E-state index is 12.9. The van der Waals surface area contributed by atoms with Crippen LogP contribution in [0, 0.1) is 0 Å². The number of hydrogen-bond donors (Lipinski definition) is 5. The number of carbonyl (C=O) groups is 2. The molecule has 0 aromatic heterocycles. The molecule has 4 aromatic rings. The number of carbonyl (C=O) groups excluding carboxylic acids is 2. The van der Waals surface area contributed by atoms with Gasteiger partial charge in [-0.1, -0.05) is 24.3 Å². The molecule has 0 spiro atoms. The summed E-state index contributed by atoms with van der Waals surface area (Å²) in [5, 5.41) is 17.5. The topological polar surface area (TPSA) is 145 Å². The SMILES string of the molecule is O=C(Nc1cccc(C(=O)Nc2ccc(S(=O)(=O)O)c3cccc(O)c23)c1)Nc1cccc(C(F)(F)F)c1.[NaH]. The molecular weight excluding hydrogens is 550 g/mol. The Morgan fingerprint density at radius 2 is 1.41 bits per heavy atom. The van der Waals surface area contributed by atoms with Crippen molar-refractivity contribution in [2.75, 3.05) is 16.0 Å². The van der Waals surface area contributed by atoms with Gasteiger partial charge in [0, 0.05) is 27.7 Å². The molecule has 0 atom stereocenters. The second-order valence-electron chi connectivity index (χ2n) is 7.98. The van der Waals surface area contributed by atoms with Crippen molar-refractivity contribution in [1.82, 2.24) is 0 Å². The predicted octanol–water partition coefficient (Wildman–Crippen LogP) is 5.06. The van der Waals surface area contributed by atoms with Gasteiger partial charge in [-0.15, -0.1) is 0 Å². The molecule has 0 saturated heterocycles. The van der Waals surface area contributed by atoms with Crippen LogP contribution in [0.3, 0.4) is 0 Å². The number of fused-ring (bicyclic) bond motifs is 1. The van der Waals surface area contributed by atoms with Crippen molar-refractivity contribution in [1.29, 1.82) is 0 Å². The molecule has 0 saturated carbocycles. The summed E-state index contributed by atoms with van der Waals surface area (Å²) in [6.07, 6.45) is -4.58. The van der Waals surface area contributed by atoms with E-state index in [1.807, 2.05) is 0 Å². The van der Waals surface area contributed by atoms with E-state index in [4.69, 9.17) is 0 Å². The molecule has 4 rings (SSSR count). The molecule has 39 heavy (non-hydrogen) atoms. The second-order valence-corrected chi connectivity index (χ2v) is 9.37. The van der Waals surface area contributed by atoms with Crippen LogP contribution < -0.4 is 16.0 Å². The molecule has 0 bridgehead atoms. The first kappa shape index (κ1) is 29.9. The minimum absolute atomic E-state index is 0.